The van der Waals surface area contributed by atoms with Gasteiger partial charge in [-0.05, 0) is 24.3 Å². The van der Waals surface area contributed by atoms with Crippen LogP contribution in [0.15, 0.2) is 46.0 Å². The normalized spacial score (nSPS) is 10.5. The summed E-state index contributed by atoms with van der Waals surface area (Å²) in [4.78, 5) is 12.0. The highest BCUT2D eigenvalue weighted by molar-refractivity contribution is 9.10. The fourth-order valence-electron chi connectivity index (χ4n) is 2.01. The minimum absolute atomic E-state index is 0.313. The first-order chi connectivity index (χ1) is 11.6. The van der Waals surface area contributed by atoms with Crippen LogP contribution in [0.5, 0.6) is 17.2 Å². The number of nitrogens with one attached hydrogen (secondary N) is 1. The molecular weight excluding hydrogens is 376 g/mol. The zero-order chi connectivity index (χ0) is 17.5. The molecule has 0 atom stereocenters. The Labute approximate surface area is 148 Å². The molecule has 7 heteroatoms. The molecule has 0 aromatic heterocycles. The van der Waals surface area contributed by atoms with E-state index in [0.717, 1.165) is 4.47 Å². The van der Waals surface area contributed by atoms with Crippen LogP contribution >= 0.6 is 15.9 Å². The predicted octanol–water partition coefficient (Wildman–Crippen LogP) is 3.24. The molecule has 0 bridgehead atoms. The highest BCUT2D eigenvalue weighted by atomic mass is 79.9. The number of rotatable bonds is 6. The Hall–Kier alpha value is -2.54. The van der Waals surface area contributed by atoms with Gasteiger partial charge in [-0.2, -0.15) is 5.10 Å². The summed E-state index contributed by atoms with van der Waals surface area (Å²) < 4.78 is 16.6. The third-order valence-corrected chi connectivity index (χ3v) is 3.69. The van der Waals surface area contributed by atoms with Crippen molar-refractivity contribution in [1.82, 2.24) is 5.43 Å². The first-order valence-electron chi connectivity index (χ1n) is 6.98. The van der Waals surface area contributed by atoms with Gasteiger partial charge in [0.2, 0.25) is 0 Å². The minimum Gasteiger partial charge on any atom is -0.496 e. The maximum atomic E-state index is 12.0. The Bertz CT molecular complexity index is 762. The van der Waals surface area contributed by atoms with Gasteiger partial charge in [-0.1, -0.05) is 22.0 Å². The molecule has 0 aliphatic heterocycles. The maximum absolute atomic E-state index is 12.0. The van der Waals surface area contributed by atoms with Crippen LogP contribution in [0, 0.1) is 0 Å². The quantitative estimate of drug-likeness (QED) is 0.605. The highest BCUT2D eigenvalue weighted by Crippen LogP contribution is 2.33. The number of methoxy groups -OCH3 is 3. The fourth-order valence-corrected chi connectivity index (χ4v) is 2.41. The number of hydrogen-bond donors (Lipinski definition) is 1. The molecule has 1 amide bonds. The van der Waals surface area contributed by atoms with Gasteiger partial charge in [0, 0.05) is 21.7 Å². The molecule has 0 spiro atoms. The standard InChI is InChI=1S/C17H17BrN2O4/c1-22-14-9-16(24-3)15(23-2)8-12(14)10-19-20-17(21)11-5-4-6-13(18)7-11/h4-10H,1-3H3,(H,20,21)/b19-10+. The summed E-state index contributed by atoms with van der Waals surface area (Å²) in [6, 6.07) is 10.4. The number of halogens is 1. The molecule has 0 saturated carbocycles. The third-order valence-electron chi connectivity index (χ3n) is 3.19. The lowest BCUT2D eigenvalue weighted by atomic mass is 10.2. The van der Waals surface area contributed by atoms with Gasteiger partial charge in [-0.15, -0.1) is 0 Å². The molecule has 0 aliphatic carbocycles. The number of carbonyl (C=O) groups excluding carboxylic acids is 1. The van der Waals surface area contributed by atoms with E-state index in [0.29, 0.717) is 28.4 Å². The molecule has 0 radical (unpaired) electrons. The molecule has 1 N–H and O–H groups in total. The molecule has 0 saturated heterocycles. The molecule has 24 heavy (non-hydrogen) atoms. The Morgan fingerprint density at radius 3 is 2.33 bits per heavy atom. The zero-order valence-corrected chi connectivity index (χ0v) is 15.1. The molecule has 0 fully saturated rings. The minimum atomic E-state index is -0.313. The van der Waals surface area contributed by atoms with Crippen LogP contribution in [0.25, 0.3) is 0 Å². The molecule has 2 aromatic carbocycles. The van der Waals surface area contributed by atoms with Crippen LogP contribution in [0.3, 0.4) is 0 Å². The van der Waals surface area contributed by atoms with E-state index in [1.807, 2.05) is 6.07 Å². The van der Waals surface area contributed by atoms with Crippen molar-refractivity contribution in [3.05, 3.63) is 52.0 Å². The van der Waals surface area contributed by atoms with E-state index in [4.69, 9.17) is 14.2 Å². The first kappa shape index (κ1) is 17.8. The summed E-state index contributed by atoms with van der Waals surface area (Å²) in [5, 5.41) is 3.97. The number of hydrogen-bond acceptors (Lipinski definition) is 5. The van der Waals surface area contributed by atoms with Crippen molar-refractivity contribution >= 4 is 28.1 Å². The van der Waals surface area contributed by atoms with Gasteiger partial charge < -0.3 is 14.2 Å². The van der Waals surface area contributed by atoms with Gasteiger partial charge in [0.1, 0.15) is 5.75 Å². The average Bonchev–Trinajstić information content (AvgIpc) is 2.61. The van der Waals surface area contributed by atoms with Crippen molar-refractivity contribution in [2.24, 2.45) is 5.10 Å². The number of carbonyl (C=O) groups is 1. The second-order valence-corrected chi connectivity index (χ2v) is 5.57. The number of hydrazone groups is 1. The second kappa shape index (κ2) is 8.35. The maximum Gasteiger partial charge on any atom is 0.271 e. The summed E-state index contributed by atoms with van der Waals surface area (Å²) in [7, 11) is 4.63. The van der Waals surface area contributed by atoms with Gasteiger partial charge >= 0.3 is 0 Å². The molecule has 126 valence electrons. The monoisotopic (exact) mass is 392 g/mol. The van der Waals surface area contributed by atoms with Crippen LogP contribution in [-0.4, -0.2) is 33.5 Å². The van der Waals surface area contributed by atoms with Crippen LogP contribution in [0.4, 0.5) is 0 Å². The van der Waals surface area contributed by atoms with E-state index < -0.39 is 0 Å². The topological polar surface area (TPSA) is 69.2 Å². The number of benzene rings is 2. The summed E-state index contributed by atoms with van der Waals surface area (Å²) in [5.41, 5.74) is 3.62. The summed E-state index contributed by atoms with van der Waals surface area (Å²) in [6.07, 6.45) is 1.48. The number of amides is 1. The first-order valence-corrected chi connectivity index (χ1v) is 7.77. The Morgan fingerprint density at radius 1 is 1.04 bits per heavy atom. The lowest BCUT2D eigenvalue weighted by Crippen LogP contribution is -2.17. The molecule has 0 aliphatic rings. The largest absolute Gasteiger partial charge is 0.496 e. The molecule has 2 rings (SSSR count). The van der Waals surface area contributed by atoms with Crippen molar-refractivity contribution in [2.75, 3.05) is 21.3 Å². The second-order valence-electron chi connectivity index (χ2n) is 4.66. The zero-order valence-electron chi connectivity index (χ0n) is 13.5. The predicted molar refractivity (Wildman–Crippen MR) is 95.3 cm³/mol. The van der Waals surface area contributed by atoms with E-state index in [1.165, 1.54) is 6.21 Å². The smallest absolute Gasteiger partial charge is 0.271 e. The number of ether oxygens (including phenoxy) is 3. The van der Waals surface area contributed by atoms with E-state index in [2.05, 4.69) is 26.5 Å². The molecular formula is C17H17BrN2O4. The van der Waals surface area contributed by atoms with E-state index >= 15 is 0 Å². The Morgan fingerprint density at radius 2 is 1.71 bits per heavy atom. The van der Waals surface area contributed by atoms with Gasteiger partial charge in [0.15, 0.2) is 11.5 Å². The Balaban J connectivity index is 2.17. The summed E-state index contributed by atoms with van der Waals surface area (Å²) in [6.45, 7) is 0. The van der Waals surface area contributed by atoms with Crippen LogP contribution in [0.2, 0.25) is 0 Å². The summed E-state index contributed by atoms with van der Waals surface area (Å²) >= 11 is 3.32. The van der Waals surface area contributed by atoms with Crippen molar-refractivity contribution < 1.29 is 19.0 Å². The highest BCUT2D eigenvalue weighted by Gasteiger charge is 2.10. The molecule has 6 nitrogen and oxygen atoms in total. The molecule has 0 unspecified atom stereocenters. The van der Waals surface area contributed by atoms with Gasteiger partial charge in [-0.25, -0.2) is 5.43 Å². The Kier molecular flexibility index (Phi) is 6.20. The fraction of sp³-hybridized carbons (Fsp3) is 0.176. The van der Waals surface area contributed by atoms with Crippen molar-refractivity contribution in [2.45, 2.75) is 0 Å². The lowest BCUT2D eigenvalue weighted by Gasteiger charge is -2.11. The average molecular weight is 393 g/mol. The van der Waals surface area contributed by atoms with E-state index in [1.54, 1.807) is 51.7 Å². The summed E-state index contributed by atoms with van der Waals surface area (Å²) in [5.74, 6) is 1.32. The van der Waals surface area contributed by atoms with Crippen LogP contribution in [-0.2, 0) is 0 Å². The van der Waals surface area contributed by atoms with Gasteiger partial charge in [-0.3, -0.25) is 4.79 Å². The van der Waals surface area contributed by atoms with Crippen molar-refractivity contribution in [3.8, 4) is 17.2 Å². The number of nitrogens with zero attached hydrogens (tertiary/aromatic N) is 1. The van der Waals surface area contributed by atoms with E-state index in [-0.39, 0.29) is 5.91 Å². The third kappa shape index (κ3) is 4.26. The molecule has 2 aromatic rings. The van der Waals surface area contributed by atoms with Crippen molar-refractivity contribution in [3.63, 3.8) is 0 Å². The van der Waals surface area contributed by atoms with E-state index in [9.17, 15) is 4.79 Å². The van der Waals surface area contributed by atoms with Crippen LogP contribution in [0.1, 0.15) is 15.9 Å². The lowest BCUT2D eigenvalue weighted by molar-refractivity contribution is 0.0955. The van der Waals surface area contributed by atoms with Crippen LogP contribution < -0.4 is 19.6 Å². The SMILES string of the molecule is COc1cc(OC)c(OC)cc1/C=N/NC(=O)c1cccc(Br)c1. The van der Waals surface area contributed by atoms with Gasteiger partial charge in [0.05, 0.1) is 27.5 Å². The van der Waals surface area contributed by atoms with Crippen molar-refractivity contribution in [1.29, 1.82) is 0 Å². The van der Waals surface area contributed by atoms with Gasteiger partial charge in [0.25, 0.3) is 5.91 Å². The molecule has 0 heterocycles.